The summed E-state index contributed by atoms with van der Waals surface area (Å²) in [5.41, 5.74) is 1.14. The molecule has 6 nitrogen and oxygen atoms in total. The number of nitrogens with one attached hydrogen (secondary N) is 2. The molecule has 6 heteroatoms. The van der Waals surface area contributed by atoms with Crippen molar-refractivity contribution in [3.63, 3.8) is 0 Å². The highest BCUT2D eigenvalue weighted by atomic mass is 16.5. The summed E-state index contributed by atoms with van der Waals surface area (Å²) < 4.78 is 4.96. The van der Waals surface area contributed by atoms with Crippen LogP contribution in [0.3, 0.4) is 0 Å². The molecule has 0 saturated heterocycles. The minimum absolute atomic E-state index is 0.245. The number of para-hydroxylation sites is 1. The van der Waals surface area contributed by atoms with Gasteiger partial charge in [0.2, 0.25) is 0 Å². The molecule has 0 saturated carbocycles. The van der Waals surface area contributed by atoms with Crippen LogP contribution in [-0.4, -0.2) is 30.4 Å². The molecule has 0 spiro atoms. The van der Waals surface area contributed by atoms with E-state index in [0.29, 0.717) is 17.7 Å². The number of hydrogen-bond donors (Lipinski definition) is 2. The molecule has 1 atom stereocenters. The van der Waals surface area contributed by atoms with E-state index in [2.05, 4.69) is 10.6 Å². The van der Waals surface area contributed by atoms with Gasteiger partial charge in [0.05, 0.1) is 17.9 Å². The van der Waals surface area contributed by atoms with Gasteiger partial charge in [0.15, 0.2) is 0 Å². The molecule has 136 valence electrons. The number of rotatable bonds is 7. The zero-order valence-electron chi connectivity index (χ0n) is 14.8. The van der Waals surface area contributed by atoms with E-state index in [-0.39, 0.29) is 18.1 Å². The molecule has 2 aromatic carbocycles. The minimum atomic E-state index is -0.736. The number of amides is 2. The number of carbonyl (C=O) groups is 3. The van der Waals surface area contributed by atoms with Gasteiger partial charge in [-0.15, -0.1) is 0 Å². The van der Waals surface area contributed by atoms with Gasteiger partial charge in [-0.25, -0.2) is 4.79 Å². The molecule has 26 heavy (non-hydrogen) atoms. The van der Waals surface area contributed by atoms with Crippen molar-refractivity contribution in [2.75, 3.05) is 11.9 Å². The van der Waals surface area contributed by atoms with Gasteiger partial charge >= 0.3 is 5.97 Å². The van der Waals surface area contributed by atoms with Crippen molar-refractivity contribution in [1.82, 2.24) is 5.32 Å². The first-order valence-electron chi connectivity index (χ1n) is 8.49. The van der Waals surface area contributed by atoms with Crippen LogP contribution in [-0.2, 0) is 9.53 Å². The third-order valence-electron chi connectivity index (χ3n) is 3.74. The van der Waals surface area contributed by atoms with Crippen molar-refractivity contribution in [3.05, 3.63) is 65.7 Å². The Morgan fingerprint density at radius 3 is 2.23 bits per heavy atom. The Morgan fingerprint density at radius 2 is 1.58 bits per heavy atom. The van der Waals surface area contributed by atoms with E-state index in [1.807, 2.05) is 6.07 Å². The van der Waals surface area contributed by atoms with Gasteiger partial charge in [0.1, 0.15) is 6.04 Å². The van der Waals surface area contributed by atoms with E-state index >= 15 is 0 Å². The number of anilines is 1. The van der Waals surface area contributed by atoms with Crippen molar-refractivity contribution in [2.45, 2.75) is 26.3 Å². The van der Waals surface area contributed by atoms with Gasteiger partial charge in [0.25, 0.3) is 11.8 Å². The first-order chi connectivity index (χ1) is 12.6. The van der Waals surface area contributed by atoms with Gasteiger partial charge < -0.3 is 15.4 Å². The van der Waals surface area contributed by atoms with E-state index in [1.54, 1.807) is 62.4 Å². The van der Waals surface area contributed by atoms with Crippen LogP contribution in [0.25, 0.3) is 0 Å². The Labute approximate surface area is 152 Å². The standard InChI is InChI=1S/C20H22N2O4/c1-3-16(20(25)26-4-2)21-19(24)15-12-8-9-13-17(15)22-18(23)14-10-6-5-7-11-14/h5-13,16H,3-4H2,1-2H3,(H,21,24)(H,22,23). The van der Waals surface area contributed by atoms with Crippen LogP contribution >= 0.6 is 0 Å². The zero-order chi connectivity index (χ0) is 18.9. The molecular weight excluding hydrogens is 332 g/mol. The Balaban J connectivity index is 2.16. The highest BCUT2D eigenvalue weighted by molar-refractivity contribution is 6.09. The third-order valence-corrected chi connectivity index (χ3v) is 3.74. The summed E-state index contributed by atoms with van der Waals surface area (Å²) in [4.78, 5) is 36.8. The van der Waals surface area contributed by atoms with E-state index in [0.717, 1.165) is 0 Å². The molecule has 0 aromatic heterocycles. The fourth-order valence-electron chi connectivity index (χ4n) is 2.38. The van der Waals surface area contributed by atoms with Gasteiger partial charge in [-0.2, -0.15) is 0 Å². The second kappa shape index (κ2) is 9.36. The van der Waals surface area contributed by atoms with Gasteiger partial charge in [-0.3, -0.25) is 9.59 Å². The smallest absolute Gasteiger partial charge is 0.328 e. The lowest BCUT2D eigenvalue weighted by Crippen LogP contribution is -2.41. The maximum atomic E-state index is 12.6. The largest absolute Gasteiger partial charge is 0.464 e. The van der Waals surface area contributed by atoms with Crippen LogP contribution in [0.2, 0.25) is 0 Å². The Kier molecular flexibility index (Phi) is 6.91. The number of carbonyl (C=O) groups excluding carboxylic acids is 3. The number of ether oxygens (including phenoxy) is 1. The summed E-state index contributed by atoms with van der Waals surface area (Å²) in [6, 6.07) is 14.6. The SMILES string of the molecule is CCOC(=O)C(CC)NC(=O)c1ccccc1NC(=O)c1ccccc1. The summed E-state index contributed by atoms with van der Waals surface area (Å²) in [5.74, 6) is -1.24. The molecule has 2 amide bonds. The minimum Gasteiger partial charge on any atom is -0.464 e. The number of hydrogen-bond acceptors (Lipinski definition) is 4. The predicted octanol–water partition coefficient (Wildman–Crippen LogP) is 3.01. The first kappa shape index (κ1) is 19.2. The summed E-state index contributed by atoms with van der Waals surface area (Å²) in [6.07, 6.45) is 0.406. The van der Waals surface area contributed by atoms with Crippen molar-refractivity contribution in [2.24, 2.45) is 0 Å². The average molecular weight is 354 g/mol. The van der Waals surface area contributed by atoms with Crippen molar-refractivity contribution >= 4 is 23.5 Å². The number of benzene rings is 2. The summed E-state index contributed by atoms with van der Waals surface area (Å²) in [7, 11) is 0. The molecule has 0 heterocycles. The van der Waals surface area contributed by atoms with Gasteiger partial charge in [0, 0.05) is 5.56 Å². The number of esters is 1. The lowest BCUT2D eigenvalue weighted by atomic mass is 10.1. The molecule has 0 aliphatic rings. The van der Waals surface area contributed by atoms with Crippen LogP contribution in [0.15, 0.2) is 54.6 Å². The van der Waals surface area contributed by atoms with Crippen molar-refractivity contribution < 1.29 is 19.1 Å². The zero-order valence-corrected chi connectivity index (χ0v) is 14.8. The Morgan fingerprint density at radius 1 is 0.923 bits per heavy atom. The van der Waals surface area contributed by atoms with Crippen LogP contribution < -0.4 is 10.6 Å². The molecule has 1 unspecified atom stereocenters. The normalized spacial score (nSPS) is 11.3. The Bertz CT molecular complexity index is 774. The maximum Gasteiger partial charge on any atom is 0.328 e. The van der Waals surface area contributed by atoms with Crippen LogP contribution in [0, 0.1) is 0 Å². The van der Waals surface area contributed by atoms with Crippen molar-refractivity contribution in [3.8, 4) is 0 Å². The monoisotopic (exact) mass is 354 g/mol. The van der Waals surface area contributed by atoms with Crippen LogP contribution in [0.5, 0.6) is 0 Å². The molecule has 0 bridgehead atoms. The molecule has 0 fully saturated rings. The lowest BCUT2D eigenvalue weighted by molar-refractivity contribution is -0.145. The second-order valence-corrected chi connectivity index (χ2v) is 5.55. The van der Waals surface area contributed by atoms with E-state index in [9.17, 15) is 14.4 Å². The molecular formula is C20H22N2O4. The molecule has 0 aliphatic heterocycles. The molecule has 0 radical (unpaired) electrons. The molecule has 2 rings (SSSR count). The third kappa shape index (κ3) is 4.92. The van der Waals surface area contributed by atoms with E-state index < -0.39 is 17.9 Å². The average Bonchev–Trinajstić information content (AvgIpc) is 2.67. The highest BCUT2D eigenvalue weighted by Gasteiger charge is 2.22. The Hall–Kier alpha value is -3.15. The molecule has 2 aromatic rings. The lowest BCUT2D eigenvalue weighted by Gasteiger charge is -2.17. The van der Waals surface area contributed by atoms with E-state index in [1.165, 1.54) is 0 Å². The molecule has 0 aliphatic carbocycles. The fourth-order valence-corrected chi connectivity index (χ4v) is 2.38. The summed E-state index contributed by atoms with van der Waals surface area (Å²) >= 11 is 0. The van der Waals surface area contributed by atoms with E-state index in [4.69, 9.17) is 4.74 Å². The topological polar surface area (TPSA) is 84.5 Å². The first-order valence-corrected chi connectivity index (χ1v) is 8.49. The molecule has 2 N–H and O–H groups in total. The predicted molar refractivity (Wildman–Crippen MR) is 99.0 cm³/mol. The van der Waals surface area contributed by atoms with Gasteiger partial charge in [-0.1, -0.05) is 37.3 Å². The highest BCUT2D eigenvalue weighted by Crippen LogP contribution is 2.17. The van der Waals surface area contributed by atoms with Crippen LogP contribution in [0.1, 0.15) is 41.0 Å². The maximum absolute atomic E-state index is 12.6. The second-order valence-electron chi connectivity index (χ2n) is 5.55. The summed E-state index contributed by atoms with van der Waals surface area (Å²) in [6.45, 7) is 3.74. The van der Waals surface area contributed by atoms with Crippen LogP contribution in [0.4, 0.5) is 5.69 Å². The van der Waals surface area contributed by atoms with Crippen molar-refractivity contribution in [1.29, 1.82) is 0 Å². The fraction of sp³-hybridized carbons (Fsp3) is 0.250. The summed E-state index contributed by atoms with van der Waals surface area (Å²) in [5, 5.41) is 5.39. The quantitative estimate of drug-likeness (QED) is 0.749. The van der Waals surface area contributed by atoms with Gasteiger partial charge in [-0.05, 0) is 37.6 Å².